The number of likely N-dealkylation sites (tertiary alicyclic amines) is 1. The van der Waals surface area contributed by atoms with Crippen LogP contribution in [0.2, 0.25) is 0 Å². The number of amides is 2. The summed E-state index contributed by atoms with van der Waals surface area (Å²) in [7, 11) is 0. The fourth-order valence-corrected chi connectivity index (χ4v) is 6.83. The van der Waals surface area contributed by atoms with Crippen molar-refractivity contribution in [3.63, 3.8) is 0 Å². The SMILES string of the molecule is C=C1CCCC1C(=O)N1C[C@@]2(C)C[C@](C)(C[C@@](C)(c3nc4ccccc4o3)C2)C1=O. The van der Waals surface area contributed by atoms with Crippen LogP contribution in [0.3, 0.4) is 0 Å². The van der Waals surface area contributed by atoms with Crippen molar-refractivity contribution in [3.8, 4) is 0 Å². The molecule has 0 spiro atoms. The van der Waals surface area contributed by atoms with E-state index in [0.717, 1.165) is 48.8 Å². The number of benzene rings is 1. The molecule has 3 fully saturated rings. The van der Waals surface area contributed by atoms with E-state index in [1.165, 1.54) is 0 Å². The summed E-state index contributed by atoms with van der Waals surface area (Å²) in [6.45, 7) is 11.0. The smallest absolute Gasteiger partial charge is 0.236 e. The van der Waals surface area contributed by atoms with E-state index in [-0.39, 0.29) is 28.6 Å². The summed E-state index contributed by atoms with van der Waals surface area (Å²) in [6, 6.07) is 7.79. The molecule has 5 nitrogen and oxygen atoms in total. The Morgan fingerprint density at radius 1 is 1.17 bits per heavy atom. The number of hydrogen-bond acceptors (Lipinski definition) is 4. The molecule has 1 aliphatic heterocycles. The largest absolute Gasteiger partial charge is 0.440 e. The number of imide groups is 1. The van der Waals surface area contributed by atoms with Crippen LogP contribution in [0.1, 0.15) is 65.2 Å². The van der Waals surface area contributed by atoms with Crippen molar-refractivity contribution in [1.82, 2.24) is 9.88 Å². The molecule has 5 rings (SSSR count). The molecule has 2 saturated carbocycles. The second-order valence-electron chi connectivity index (χ2n) is 10.8. The van der Waals surface area contributed by atoms with Crippen LogP contribution in [0, 0.1) is 16.7 Å². The maximum absolute atomic E-state index is 13.6. The molecule has 2 bridgehead atoms. The van der Waals surface area contributed by atoms with Crippen molar-refractivity contribution >= 4 is 22.9 Å². The Bertz CT molecular complexity index is 1040. The minimum Gasteiger partial charge on any atom is -0.440 e. The molecule has 2 amide bonds. The third kappa shape index (κ3) is 2.85. The van der Waals surface area contributed by atoms with E-state index < -0.39 is 5.41 Å². The molecule has 2 aromatic rings. The number of para-hydroxylation sites is 2. The molecule has 2 heterocycles. The van der Waals surface area contributed by atoms with Gasteiger partial charge in [-0.2, -0.15) is 0 Å². The van der Waals surface area contributed by atoms with Gasteiger partial charge in [-0.15, -0.1) is 0 Å². The Kier molecular flexibility index (Phi) is 4.09. The number of rotatable bonds is 2. The predicted molar refractivity (Wildman–Crippen MR) is 115 cm³/mol. The summed E-state index contributed by atoms with van der Waals surface area (Å²) in [4.78, 5) is 33.3. The Labute approximate surface area is 177 Å². The number of aromatic nitrogens is 1. The number of nitrogens with zero attached hydrogens (tertiary/aromatic N) is 2. The highest BCUT2D eigenvalue weighted by Crippen LogP contribution is 2.58. The van der Waals surface area contributed by atoms with Gasteiger partial charge in [-0.3, -0.25) is 14.5 Å². The van der Waals surface area contributed by atoms with E-state index in [4.69, 9.17) is 9.40 Å². The Morgan fingerprint density at radius 2 is 1.90 bits per heavy atom. The summed E-state index contributed by atoms with van der Waals surface area (Å²) < 4.78 is 6.16. The first-order valence-corrected chi connectivity index (χ1v) is 11.0. The van der Waals surface area contributed by atoms with Crippen molar-refractivity contribution in [1.29, 1.82) is 0 Å². The van der Waals surface area contributed by atoms with Crippen LogP contribution in [-0.4, -0.2) is 28.2 Å². The lowest BCUT2D eigenvalue weighted by Gasteiger charge is -2.57. The van der Waals surface area contributed by atoms with Crippen LogP contribution in [0.5, 0.6) is 0 Å². The first-order valence-electron chi connectivity index (χ1n) is 11.0. The van der Waals surface area contributed by atoms with Crippen molar-refractivity contribution in [3.05, 3.63) is 42.3 Å². The summed E-state index contributed by atoms with van der Waals surface area (Å²) in [5.74, 6) is 0.442. The maximum atomic E-state index is 13.6. The van der Waals surface area contributed by atoms with Gasteiger partial charge in [-0.1, -0.05) is 45.1 Å². The normalized spacial score (nSPS) is 36.5. The second-order valence-corrected chi connectivity index (χ2v) is 10.8. The molecule has 158 valence electrons. The monoisotopic (exact) mass is 406 g/mol. The van der Waals surface area contributed by atoms with Crippen LogP contribution in [0.15, 0.2) is 40.8 Å². The molecule has 0 N–H and O–H groups in total. The first-order chi connectivity index (χ1) is 14.1. The average Bonchev–Trinajstić information content (AvgIpc) is 3.29. The van der Waals surface area contributed by atoms with Gasteiger partial charge >= 0.3 is 0 Å². The van der Waals surface area contributed by atoms with Gasteiger partial charge < -0.3 is 4.42 Å². The molecule has 1 unspecified atom stereocenters. The fourth-order valence-electron chi connectivity index (χ4n) is 6.83. The average molecular weight is 407 g/mol. The third-order valence-electron chi connectivity index (χ3n) is 7.57. The Balaban J connectivity index is 1.49. The first kappa shape index (κ1) is 19.5. The minimum atomic E-state index is -0.601. The number of oxazole rings is 1. The standard InChI is InChI=1S/C25H30N2O3/c1-16-8-7-9-17(16)20(28)27-15-23(2)12-24(3,14-25(4,13-23)22(27)29)21-26-18-10-5-6-11-19(18)30-21/h5-6,10-11,17H,1,7-9,12-15H2,2-4H3/t17?,23-,24+,25-/m1/s1. The van der Waals surface area contributed by atoms with Gasteiger partial charge in [-0.05, 0) is 56.1 Å². The third-order valence-corrected chi connectivity index (χ3v) is 7.57. The summed E-state index contributed by atoms with van der Waals surface area (Å²) >= 11 is 0. The summed E-state index contributed by atoms with van der Waals surface area (Å²) in [5, 5.41) is 0. The number of piperidine rings is 1. The van der Waals surface area contributed by atoms with Crippen LogP contribution in [0.25, 0.3) is 11.1 Å². The number of carbonyl (C=O) groups is 2. The van der Waals surface area contributed by atoms with Crippen LogP contribution < -0.4 is 0 Å². The van der Waals surface area contributed by atoms with Crippen molar-refractivity contribution in [2.24, 2.45) is 16.7 Å². The van der Waals surface area contributed by atoms with Gasteiger partial charge in [0, 0.05) is 17.4 Å². The molecule has 0 radical (unpaired) electrons. The zero-order valence-electron chi connectivity index (χ0n) is 18.2. The van der Waals surface area contributed by atoms with Gasteiger partial charge in [0.2, 0.25) is 17.7 Å². The van der Waals surface area contributed by atoms with Gasteiger partial charge in [0.05, 0.1) is 5.92 Å². The highest BCUT2D eigenvalue weighted by atomic mass is 16.3. The van der Waals surface area contributed by atoms with Crippen LogP contribution >= 0.6 is 0 Å². The summed E-state index contributed by atoms with van der Waals surface area (Å²) in [6.07, 6.45) is 4.96. The molecule has 3 aliphatic rings. The quantitative estimate of drug-likeness (QED) is 0.520. The van der Waals surface area contributed by atoms with Gasteiger partial charge in [0.25, 0.3) is 0 Å². The van der Waals surface area contributed by atoms with Crippen molar-refractivity contribution < 1.29 is 14.0 Å². The molecule has 30 heavy (non-hydrogen) atoms. The maximum Gasteiger partial charge on any atom is 0.236 e. The Morgan fingerprint density at radius 3 is 2.60 bits per heavy atom. The highest BCUT2D eigenvalue weighted by Gasteiger charge is 2.60. The molecule has 1 aromatic carbocycles. The van der Waals surface area contributed by atoms with Crippen LogP contribution in [-0.2, 0) is 15.0 Å². The van der Waals surface area contributed by atoms with Gasteiger partial charge in [0.1, 0.15) is 5.52 Å². The number of carbonyl (C=O) groups excluding carboxylic acids is 2. The number of hydrogen-bond donors (Lipinski definition) is 0. The van der Waals surface area contributed by atoms with E-state index >= 15 is 0 Å². The van der Waals surface area contributed by atoms with Gasteiger partial charge in [-0.25, -0.2) is 4.98 Å². The molecular weight excluding hydrogens is 376 g/mol. The second kappa shape index (κ2) is 6.29. The van der Waals surface area contributed by atoms with Crippen LogP contribution in [0.4, 0.5) is 0 Å². The molecule has 2 aliphatic carbocycles. The lowest BCUT2D eigenvalue weighted by molar-refractivity contribution is -0.170. The zero-order chi connectivity index (χ0) is 21.3. The number of fused-ring (bicyclic) bond motifs is 3. The van der Waals surface area contributed by atoms with Crippen molar-refractivity contribution in [2.75, 3.05) is 6.54 Å². The van der Waals surface area contributed by atoms with E-state index in [2.05, 4.69) is 20.4 Å². The predicted octanol–water partition coefficient (Wildman–Crippen LogP) is 5.01. The van der Waals surface area contributed by atoms with Crippen molar-refractivity contribution in [2.45, 2.75) is 64.7 Å². The Hall–Kier alpha value is -2.43. The molecule has 1 aromatic heterocycles. The lowest BCUT2D eigenvalue weighted by Crippen LogP contribution is -2.63. The van der Waals surface area contributed by atoms with E-state index in [1.807, 2.05) is 31.2 Å². The molecular formula is C25H30N2O3. The van der Waals surface area contributed by atoms with E-state index in [0.29, 0.717) is 18.9 Å². The lowest BCUT2D eigenvalue weighted by atomic mass is 9.52. The van der Waals surface area contributed by atoms with Gasteiger partial charge in [0.15, 0.2) is 5.58 Å². The van der Waals surface area contributed by atoms with E-state index in [1.54, 1.807) is 4.90 Å². The highest BCUT2D eigenvalue weighted by molar-refractivity contribution is 6.01. The molecule has 4 atom stereocenters. The summed E-state index contributed by atoms with van der Waals surface area (Å²) in [5.41, 5.74) is 1.51. The molecule has 1 saturated heterocycles. The van der Waals surface area contributed by atoms with E-state index in [9.17, 15) is 9.59 Å². The zero-order valence-corrected chi connectivity index (χ0v) is 18.2. The topological polar surface area (TPSA) is 63.4 Å². The fraction of sp³-hybridized carbons (Fsp3) is 0.560. The minimum absolute atomic E-state index is 0.0355. The molecule has 5 heteroatoms.